The van der Waals surface area contributed by atoms with E-state index in [1.54, 1.807) is 0 Å². The van der Waals surface area contributed by atoms with Crippen LogP contribution in [0.2, 0.25) is 39.3 Å². The van der Waals surface area contributed by atoms with E-state index in [1.807, 2.05) is 22.7 Å². The van der Waals surface area contributed by atoms with Gasteiger partial charge in [0.05, 0.1) is 0 Å². The molecule has 40 heavy (non-hydrogen) atoms. The Morgan fingerprint density at radius 2 is 0.875 bits per heavy atom. The SMILES string of the molecule is C[Si](C)(C)C#Cc1cc2cc(Br)c(C#C[Si](C)(C)C)cc2cc1Br.c1cc2cc3cc4sccc4cc3cc2s1. The highest BCUT2D eigenvalue weighted by atomic mass is 79.9. The summed E-state index contributed by atoms with van der Waals surface area (Å²) in [5, 5.41) is 12.1. The van der Waals surface area contributed by atoms with E-state index in [0.29, 0.717) is 0 Å². The van der Waals surface area contributed by atoms with Gasteiger partial charge in [-0.15, -0.1) is 33.8 Å². The normalized spacial score (nSPS) is 11.6. The maximum Gasteiger partial charge on any atom is 0.129 e. The highest BCUT2D eigenvalue weighted by Crippen LogP contribution is 2.32. The topological polar surface area (TPSA) is 0 Å². The predicted molar refractivity (Wildman–Crippen MR) is 195 cm³/mol. The second-order valence-corrected chi connectivity index (χ2v) is 25.1. The lowest BCUT2D eigenvalue weighted by Gasteiger charge is -2.08. The molecule has 6 heteroatoms. The molecule has 200 valence electrons. The van der Waals surface area contributed by atoms with E-state index in [1.165, 1.54) is 41.7 Å². The van der Waals surface area contributed by atoms with Crippen molar-refractivity contribution in [3.05, 3.63) is 91.5 Å². The highest BCUT2D eigenvalue weighted by molar-refractivity contribution is 9.10. The van der Waals surface area contributed by atoms with Crippen LogP contribution < -0.4 is 0 Å². The summed E-state index contributed by atoms with van der Waals surface area (Å²) in [7, 11) is -2.77. The van der Waals surface area contributed by atoms with Gasteiger partial charge in [0, 0.05) is 29.5 Å². The van der Waals surface area contributed by atoms with Crippen molar-refractivity contribution >= 4 is 112 Å². The number of hydrogen-bond acceptors (Lipinski definition) is 2. The molecule has 0 aliphatic rings. The highest BCUT2D eigenvalue weighted by Gasteiger charge is 2.11. The van der Waals surface area contributed by atoms with Crippen molar-refractivity contribution in [2.24, 2.45) is 0 Å². The molecule has 0 N–H and O–H groups in total. The molecular weight excluding hydrogens is 688 g/mol. The fourth-order valence-corrected chi connectivity index (χ4v) is 7.74. The van der Waals surface area contributed by atoms with Gasteiger partial charge >= 0.3 is 0 Å². The molecule has 2 aromatic heterocycles. The Kier molecular flexibility index (Phi) is 8.51. The number of thiophene rings is 2. The molecule has 6 aromatic rings. The van der Waals surface area contributed by atoms with Crippen LogP contribution >= 0.6 is 54.5 Å². The van der Waals surface area contributed by atoms with Gasteiger partial charge in [0.1, 0.15) is 16.1 Å². The van der Waals surface area contributed by atoms with Crippen LogP contribution in [0.15, 0.2) is 80.4 Å². The van der Waals surface area contributed by atoms with Gasteiger partial charge in [-0.2, -0.15) is 0 Å². The largest absolute Gasteiger partial charge is 0.144 e. The molecule has 0 radical (unpaired) electrons. The Bertz CT molecular complexity index is 1810. The van der Waals surface area contributed by atoms with Crippen LogP contribution in [0.1, 0.15) is 11.1 Å². The molecule has 0 amide bonds. The fraction of sp³-hybridized carbons (Fsp3) is 0.176. The van der Waals surface area contributed by atoms with Crippen molar-refractivity contribution in [1.82, 2.24) is 0 Å². The molecule has 2 heterocycles. The van der Waals surface area contributed by atoms with Gasteiger partial charge in [0.15, 0.2) is 0 Å². The van der Waals surface area contributed by atoms with Gasteiger partial charge in [-0.3, -0.25) is 0 Å². The van der Waals surface area contributed by atoms with E-state index >= 15 is 0 Å². The molecule has 0 unspecified atom stereocenters. The zero-order valence-electron chi connectivity index (χ0n) is 23.5. The summed E-state index contributed by atoms with van der Waals surface area (Å²) < 4.78 is 4.85. The molecule has 0 aliphatic heterocycles. The van der Waals surface area contributed by atoms with E-state index in [9.17, 15) is 0 Å². The Morgan fingerprint density at radius 1 is 0.500 bits per heavy atom. The minimum atomic E-state index is -1.38. The number of hydrogen-bond donors (Lipinski definition) is 0. The van der Waals surface area contributed by atoms with Crippen molar-refractivity contribution in [3.8, 4) is 22.9 Å². The van der Waals surface area contributed by atoms with Crippen LogP contribution in [0.25, 0.3) is 41.7 Å². The fourth-order valence-electron chi connectivity index (χ4n) is 4.16. The van der Waals surface area contributed by atoms with Gasteiger partial charge in [-0.1, -0.05) is 51.1 Å². The standard InChI is InChI=1S/C20H22Br2Si2.C14H8S2/c1-23(2,3)9-7-15-11-17-14-20(22)16(8-10-24(4,5)6)12-18(17)13-19(15)21;1-3-15-13-7-12-6-10-2-4-16-14(10)8-11(12)5-9(1)13/h11-14H,1-6H3;1-8H. The maximum atomic E-state index is 3.67. The molecule has 0 saturated carbocycles. The van der Waals surface area contributed by atoms with Gasteiger partial charge < -0.3 is 0 Å². The molecule has 0 nitrogen and oxygen atoms in total. The molecular formula is C34H30Br2S2Si2. The first-order valence-electron chi connectivity index (χ1n) is 13.1. The average molecular weight is 719 g/mol. The predicted octanol–water partition coefficient (Wildman–Crippen LogP) is 12.1. The van der Waals surface area contributed by atoms with Crippen LogP contribution in [0.4, 0.5) is 0 Å². The second-order valence-electron chi connectivity index (χ2n) is 12.0. The first kappa shape index (κ1) is 29.3. The van der Waals surface area contributed by atoms with Crippen LogP contribution in [-0.4, -0.2) is 16.1 Å². The third kappa shape index (κ3) is 7.18. The molecule has 0 fully saturated rings. The molecule has 0 aliphatic carbocycles. The summed E-state index contributed by atoms with van der Waals surface area (Å²) in [6, 6.07) is 22.2. The average Bonchev–Trinajstić information content (AvgIpc) is 3.51. The lowest BCUT2D eigenvalue weighted by atomic mass is 10.0. The van der Waals surface area contributed by atoms with E-state index in [4.69, 9.17) is 0 Å². The smallest absolute Gasteiger partial charge is 0.129 e. The summed E-state index contributed by atoms with van der Waals surface area (Å²) in [5.74, 6) is 6.70. The Labute approximate surface area is 264 Å². The lowest BCUT2D eigenvalue weighted by molar-refractivity contribution is 1.60. The van der Waals surface area contributed by atoms with Gasteiger partial charge in [-0.05, 0) is 136 Å². The number of halogens is 2. The lowest BCUT2D eigenvalue weighted by Crippen LogP contribution is -2.16. The molecule has 0 spiro atoms. The zero-order valence-corrected chi connectivity index (χ0v) is 30.3. The summed E-state index contributed by atoms with van der Waals surface area (Å²) in [6.45, 7) is 13.6. The molecule has 0 bridgehead atoms. The molecule has 6 rings (SSSR count). The zero-order chi connectivity index (χ0) is 28.7. The summed E-state index contributed by atoms with van der Waals surface area (Å²) in [4.78, 5) is 0. The van der Waals surface area contributed by atoms with Crippen LogP contribution in [0.5, 0.6) is 0 Å². The van der Waals surface area contributed by atoms with Crippen LogP contribution in [-0.2, 0) is 0 Å². The van der Waals surface area contributed by atoms with E-state index in [0.717, 1.165) is 20.1 Å². The Hall–Kier alpha value is -2.17. The quantitative estimate of drug-likeness (QED) is 0.108. The molecule has 4 aromatic carbocycles. The monoisotopic (exact) mass is 716 g/mol. The number of rotatable bonds is 0. The first-order valence-corrected chi connectivity index (χ1v) is 23.5. The minimum absolute atomic E-state index is 1.05. The van der Waals surface area contributed by atoms with Crippen molar-refractivity contribution in [2.45, 2.75) is 39.3 Å². The second kappa shape index (κ2) is 11.6. The van der Waals surface area contributed by atoms with Crippen molar-refractivity contribution in [2.75, 3.05) is 0 Å². The number of fused-ring (bicyclic) bond motifs is 4. The van der Waals surface area contributed by atoms with E-state index < -0.39 is 16.1 Å². The molecule has 0 saturated heterocycles. The van der Waals surface area contributed by atoms with Gasteiger partial charge in [-0.25, -0.2) is 0 Å². The Balaban J connectivity index is 0.000000173. The molecule has 0 atom stereocenters. The van der Waals surface area contributed by atoms with Crippen molar-refractivity contribution in [1.29, 1.82) is 0 Å². The number of benzene rings is 4. The maximum absolute atomic E-state index is 3.67. The third-order valence-electron chi connectivity index (χ3n) is 6.14. The van der Waals surface area contributed by atoms with E-state index in [-0.39, 0.29) is 0 Å². The van der Waals surface area contributed by atoms with Crippen molar-refractivity contribution < 1.29 is 0 Å². The summed E-state index contributed by atoms with van der Waals surface area (Å²) in [6.07, 6.45) is 0. The van der Waals surface area contributed by atoms with Crippen LogP contribution in [0, 0.1) is 22.9 Å². The first-order chi connectivity index (χ1) is 18.8. The van der Waals surface area contributed by atoms with Crippen molar-refractivity contribution in [3.63, 3.8) is 0 Å². The third-order valence-corrected chi connectivity index (χ3v) is 11.0. The summed E-state index contributed by atoms with van der Waals surface area (Å²) >= 11 is 11.0. The Morgan fingerprint density at radius 3 is 1.25 bits per heavy atom. The van der Waals surface area contributed by atoms with E-state index in [2.05, 4.69) is 165 Å². The minimum Gasteiger partial charge on any atom is -0.144 e. The van der Waals surface area contributed by atoms with Gasteiger partial charge in [0.25, 0.3) is 0 Å². The summed E-state index contributed by atoms with van der Waals surface area (Å²) in [5.41, 5.74) is 8.98. The van der Waals surface area contributed by atoms with Crippen LogP contribution in [0.3, 0.4) is 0 Å². The van der Waals surface area contributed by atoms with Gasteiger partial charge in [0.2, 0.25) is 0 Å².